The van der Waals surface area contributed by atoms with E-state index in [2.05, 4.69) is 5.32 Å². The maximum atomic E-state index is 11.7. The number of carbonyl (C=O) groups excluding carboxylic acids is 1. The van der Waals surface area contributed by atoms with Crippen molar-refractivity contribution in [3.63, 3.8) is 0 Å². The van der Waals surface area contributed by atoms with E-state index >= 15 is 0 Å². The standard InChI is InChI=1S/C12H16ClNO2/c1-9-4-5-10(8-11(9)13)12(15)14-6-3-7-16-2/h4-5,8H,3,6-7H2,1-2H3,(H,14,15). The van der Waals surface area contributed by atoms with Crippen LogP contribution in [-0.2, 0) is 4.74 Å². The topological polar surface area (TPSA) is 38.3 Å². The van der Waals surface area contributed by atoms with E-state index in [1.54, 1.807) is 19.2 Å². The van der Waals surface area contributed by atoms with E-state index in [4.69, 9.17) is 16.3 Å². The number of benzene rings is 1. The molecule has 1 amide bonds. The number of nitrogens with one attached hydrogen (secondary N) is 1. The minimum absolute atomic E-state index is 0.0991. The number of aryl methyl sites for hydroxylation is 1. The Bertz CT molecular complexity index is 366. The van der Waals surface area contributed by atoms with Crippen molar-refractivity contribution in [3.05, 3.63) is 34.3 Å². The minimum Gasteiger partial charge on any atom is -0.385 e. The largest absolute Gasteiger partial charge is 0.385 e. The predicted octanol–water partition coefficient (Wildman–Crippen LogP) is 2.41. The molecule has 0 spiro atoms. The SMILES string of the molecule is COCCCNC(=O)c1ccc(C)c(Cl)c1. The Kier molecular flexibility index (Phi) is 5.29. The van der Waals surface area contributed by atoms with Gasteiger partial charge in [0.15, 0.2) is 0 Å². The van der Waals surface area contributed by atoms with Crippen LogP contribution >= 0.6 is 11.6 Å². The van der Waals surface area contributed by atoms with Crippen molar-refractivity contribution < 1.29 is 9.53 Å². The van der Waals surface area contributed by atoms with Crippen molar-refractivity contribution in [1.82, 2.24) is 5.32 Å². The zero-order chi connectivity index (χ0) is 12.0. The molecular weight excluding hydrogens is 226 g/mol. The number of carbonyl (C=O) groups is 1. The van der Waals surface area contributed by atoms with E-state index in [0.29, 0.717) is 23.7 Å². The van der Waals surface area contributed by atoms with Crippen molar-refractivity contribution in [1.29, 1.82) is 0 Å². The lowest BCUT2D eigenvalue weighted by Crippen LogP contribution is -2.25. The number of methoxy groups -OCH3 is 1. The molecule has 1 aromatic rings. The molecule has 0 aliphatic heterocycles. The molecule has 1 aromatic carbocycles. The average molecular weight is 242 g/mol. The third kappa shape index (κ3) is 3.83. The summed E-state index contributed by atoms with van der Waals surface area (Å²) in [5.41, 5.74) is 1.56. The van der Waals surface area contributed by atoms with E-state index < -0.39 is 0 Å². The van der Waals surface area contributed by atoms with Crippen LogP contribution in [0.15, 0.2) is 18.2 Å². The first kappa shape index (κ1) is 13.0. The predicted molar refractivity (Wildman–Crippen MR) is 65.0 cm³/mol. The first-order valence-electron chi connectivity index (χ1n) is 5.18. The lowest BCUT2D eigenvalue weighted by Gasteiger charge is -2.06. The molecule has 3 nitrogen and oxygen atoms in total. The molecule has 0 aliphatic rings. The van der Waals surface area contributed by atoms with Crippen LogP contribution in [-0.4, -0.2) is 26.2 Å². The summed E-state index contributed by atoms with van der Waals surface area (Å²) in [6.07, 6.45) is 0.807. The molecule has 0 unspecified atom stereocenters. The fourth-order valence-corrected chi connectivity index (χ4v) is 1.44. The first-order valence-corrected chi connectivity index (χ1v) is 5.56. The molecule has 4 heteroatoms. The van der Waals surface area contributed by atoms with Crippen LogP contribution in [0.1, 0.15) is 22.3 Å². The van der Waals surface area contributed by atoms with Crippen molar-refractivity contribution >= 4 is 17.5 Å². The first-order chi connectivity index (χ1) is 7.65. The summed E-state index contributed by atoms with van der Waals surface area (Å²) in [4.78, 5) is 11.7. The fraction of sp³-hybridized carbons (Fsp3) is 0.417. The molecule has 0 atom stereocenters. The lowest BCUT2D eigenvalue weighted by atomic mass is 10.1. The number of halogens is 1. The van der Waals surface area contributed by atoms with Gasteiger partial charge in [0.05, 0.1) is 0 Å². The van der Waals surface area contributed by atoms with Gasteiger partial charge in [-0.2, -0.15) is 0 Å². The van der Waals surface area contributed by atoms with Gasteiger partial charge >= 0.3 is 0 Å². The van der Waals surface area contributed by atoms with Crippen LogP contribution in [0, 0.1) is 6.92 Å². The summed E-state index contributed by atoms with van der Waals surface area (Å²) < 4.78 is 4.89. The van der Waals surface area contributed by atoms with Crippen LogP contribution in [0.25, 0.3) is 0 Å². The zero-order valence-electron chi connectivity index (χ0n) is 9.55. The zero-order valence-corrected chi connectivity index (χ0v) is 10.3. The van der Waals surface area contributed by atoms with Crippen LogP contribution < -0.4 is 5.32 Å². The third-order valence-corrected chi connectivity index (χ3v) is 2.65. The van der Waals surface area contributed by atoms with Gasteiger partial charge in [-0.15, -0.1) is 0 Å². The van der Waals surface area contributed by atoms with Crippen molar-refractivity contribution in [2.75, 3.05) is 20.3 Å². The number of hydrogen-bond acceptors (Lipinski definition) is 2. The highest BCUT2D eigenvalue weighted by molar-refractivity contribution is 6.31. The molecular formula is C12H16ClNO2. The van der Waals surface area contributed by atoms with Gasteiger partial charge in [-0.05, 0) is 31.0 Å². The van der Waals surface area contributed by atoms with Crippen LogP contribution in [0.2, 0.25) is 5.02 Å². The van der Waals surface area contributed by atoms with Gasteiger partial charge in [0, 0.05) is 30.8 Å². The monoisotopic (exact) mass is 241 g/mol. The molecule has 0 fully saturated rings. The van der Waals surface area contributed by atoms with E-state index in [9.17, 15) is 4.79 Å². The summed E-state index contributed by atoms with van der Waals surface area (Å²) >= 11 is 5.94. The maximum Gasteiger partial charge on any atom is 0.251 e. The highest BCUT2D eigenvalue weighted by atomic mass is 35.5. The van der Waals surface area contributed by atoms with Gasteiger partial charge in [-0.1, -0.05) is 17.7 Å². The van der Waals surface area contributed by atoms with Crippen LogP contribution in [0.4, 0.5) is 0 Å². The summed E-state index contributed by atoms with van der Waals surface area (Å²) in [6.45, 7) is 3.16. The Morgan fingerprint density at radius 3 is 2.88 bits per heavy atom. The molecule has 1 N–H and O–H groups in total. The third-order valence-electron chi connectivity index (χ3n) is 2.24. The Balaban J connectivity index is 2.50. The Hall–Kier alpha value is -1.06. The molecule has 0 saturated carbocycles. The Labute approximate surface area is 101 Å². The van der Waals surface area contributed by atoms with Gasteiger partial charge in [0.2, 0.25) is 0 Å². The van der Waals surface area contributed by atoms with Crippen molar-refractivity contribution in [2.45, 2.75) is 13.3 Å². The average Bonchev–Trinajstić information content (AvgIpc) is 2.28. The number of amides is 1. The molecule has 0 heterocycles. The maximum absolute atomic E-state index is 11.7. The Morgan fingerprint density at radius 2 is 2.25 bits per heavy atom. The second-order valence-electron chi connectivity index (χ2n) is 3.57. The van der Waals surface area contributed by atoms with Crippen LogP contribution in [0.5, 0.6) is 0 Å². The fourth-order valence-electron chi connectivity index (χ4n) is 1.25. The number of hydrogen-bond donors (Lipinski definition) is 1. The van der Waals surface area contributed by atoms with Crippen LogP contribution in [0.3, 0.4) is 0 Å². The van der Waals surface area contributed by atoms with Gasteiger partial charge < -0.3 is 10.1 Å². The lowest BCUT2D eigenvalue weighted by molar-refractivity contribution is 0.0948. The summed E-state index contributed by atoms with van der Waals surface area (Å²) in [5, 5.41) is 3.42. The van der Waals surface area contributed by atoms with Crippen molar-refractivity contribution in [2.24, 2.45) is 0 Å². The van der Waals surface area contributed by atoms with E-state index in [0.717, 1.165) is 12.0 Å². The second kappa shape index (κ2) is 6.51. The van der Waals surface area contributed by atoms with Crippen molar-refractivity contribution in [3.8, 4) is 0 Å². The molecule has 0 aliphatic carbocycles. The molecule has 1 rings (SSSR count). The molecule has 16 heavy (non-hydrogen) atoms. The number of rotatable bonds is 5. The summed E-state index contributed by atoms with van der Waals surface area (Å²) in [7, 11) is 1.64. The van der Waals surface area contributed by atoms with E-state index in [1.165, 1.54) is 0 Å². The van der Waals surface area contributed by atoms with E-state index in [1.807, 2.05) is 13.0 Å². The molecule has 0 radical (unpaired) electrons. The smallest absolute Gasteiger partial charge is 0.251 e. The molecule has 0 saturated heterocycles. The summed E-state index contributed by atoms with van der Waals surface area (Å²) in [6, 6.07) is 5.29. The highest BCUT2D eigenvalue weighted by Crippen LogP contribution is 2.16. The van der Waals surface area contributed by atoms with Gasteiger partial charge in [0.25, 0.3) is 5.91 Å². The van der Waals surface area contributed by atoms with E-state index in [-0.39, 0.29) is 5.91 Å². The highest BCUT2D eigenvalue weighted by Gasteiger charge is 2.06. The molecule has 0 aromatic heterocycles. The Morgan fingerprint density at radius 1 is 1.50 bits per heavy atom. The minimum atomic E-state index is -0.0991. The normalized spacial score (nSPS) is 10.2. The second-order valence-corrected chi connectivity index (χ2v) is 3.97. The molecule has 88 valence electrons. The number of ether oxygens (including phenoxy) is 1. The molecule has 0 bridgehead atoms. The summed E-state index contributed by atoms with van der Waals surface area (Å²) in [5.74, 6) is -0.0991. The quantitative estimate of drug-likeness (QED) is 0.804. The van der Waals surface area contributed by atoms with Gasteiger partial charge in [-0.3, -0.25) is 4.79 Å². The van der Waals surface area contributed by atoms with Gasteiger partial charge in [-0.25, -0.2) is 0 Å². The van der Waals surface area contributed by atoms with Gasteiger partial charge in [0.1, 0.15) is 0 Å².